The lowest BCUT2D eigenvalue weighted by Gasteiger charge is -2.04. The molecule has 0 bridgehead atoms. The summed E-state index contributed by atoms with van der Waals surface area (Å²) in [5.74, 6) is 0. The molecule has 3 rings (SSSR count). The standard InChI is InChI=1S/C16H14N2O/c1-11-6-5-9-13-15(11)18-16(19)14(17-13)10-12-7-3-2-4-8-12/h2-9H,10H2,1H3,(H,18,19). The van der Waals surface area contributed by atoms with E-state index in [1.807, 2.05) is 55.5 Å². The van der Waals surface area contributed by atoms with Gasteiger partial charge >= 0.3 is 0 Å². The highest BCUT2D eigenvalue weighted by atomic mass is 16.1. The van der Waals surface area contributed by atoms with Crippen molar-refractivity contribution in [1.29, 1.82) is 0 Å². The molecule has 19 heavy (non-hydrogen) atoms. The average molecular weight is 250 g/mol. The van der Waals surface area contributed by atoms with Crippen molar-refractivity contribution in [1.82, 2.24) is 9.97 Å². The molecule has 1 heterocycles. The summed E-state index contributed by atoms with van der Waals surface area (Å²) in [4.78, 5) is 19.5. The smallest absolute Gasteiger partial charge is 0.270 e. The van der Waals surface area contributed by atoms with Gasteiger partial charge in [-0.2, -0.15) is 0 Å². The van der Waals surface area contributed by atoms with Crippen LogP contribution >= 0.6 is 0 Å². The van der Waals surface area contributed by atoms with E-state index in [0.29, 0.717) is 12.1 Å². The van der Waals surface area contributed by atoms with Crippen molar-refractivity contribution in [2.24, 2.45) is 0 Å². The first-order chi connectivity index (χ1) is 9.24. The number of aromatic amines is 1. The molecule has 1 N–H and O–H groups in total. The van der Waals surface area contributed by atoms with Gasteiger partial charge < -0.3 is 4.98 Å². The molecule has 0 aliphatic heterocycles. The number of nitrogens with zero attached hydrogens (tertiary/aromatic N) is 1. The topological polar surface area (TPSA) is 45.8 Å². The van der Waals surface area contributed by atoms with Crippen molar-refractivity contribution in [3.05, 3.63) is 75.7 Å². The van der Waals surface area contributed by atoms with Crippen molar-refractivity contribution in [3.63, 3.8) is 0 Å². The van der Waals surface area contributed by atoms with Gasteiger partial charge in [0.1, 0.15) is 5.69 Å². The van der Waals surface area contributed by atoms with Crippen LogP contribution in [-0.2, 0) is 6.42 Å². The Morgan fingerprint density at radius 1 is 1.05 bits per heavy atom. The highest BCUT2D eigenvalue weighted by Gasteiger charge is 2.06. The molecule has 3 heteroatoms. The molecule has 1 aromatic heterocycles. The summed E-state index contributed by atoms with van der Waals surface area (Å²) in [5, 5.41) is 0. The minimum atomic E-state index is -0.106. The van der Waals surface area contributed by atoms with Gasteiger partial charge in [-0.15, -0.1) is 0 Å². The SMILES string of the molecule is Cc1cccc2nc(Cc3ccccc3)c(=O)[nH]c12. The van der Waals surface area contributed by atoms with Crippen LogP contribution in [0, 0.1) is 6.92 Å². The third-order valence-electron chi connectivity index (χ3n) is 3.22. The second kappa shape index (κ2) is 4.69. The number of hydrogen-bond donors (Lipinski definition) is 1. The zero-order valence-corrected chi connectivity index (χ0v) is 10.7. The number of hydrogen-bond acceptors (Lipinski definition) is 2. The highest BCUT2D eigenvalue weighted by Crippen LogP contribution is 2.13. The Morgan fingerprint density at radius 2 is 1.84 bits per heavy atom. The molecular formula is C16H14N2O. The van der Waals surface area contributed by atoms with Gasteiger partial charge in [-0.25, -0.2) is 4.98 Å². The molecular weight excluding hydrogens is 236 g/mol. The molecule has 0 aliphatic rings. The predicted octanol–water partition coefficient (Wildman–Crippen LogP) is 2.82. The van der Waals surface area contributed by atoms with E-state index in [1.165, 1.54) is 0 Å². The summed E-state index contributed by atoms with van der Waals surface area (Å²) < 4.78 is 0. The molecule has 3 aromatic rings. The van der Waals surface area contributed by atoms with Gasteiger partial charge in [0.15, 0.2) is 0 Å². The van der Waals surface area contributed by atoms with Crippen LogP contribution in [0.2, 0.25) is 0 Å². The predicted molar refractivity (Wildman–Crippen MR) is 76.3 cm³/mol. The third kappa shape index (κ3) is 2.27. The van der Waals surface area contributed by atoms with Gasteiger partial charge in [-0.3, -0.25) is 4.79 Å². The number of benzene rings is 2. The Bertz CT molecular complexity index is 776. The second-order valence-corrected chi connectivity index (χ2v) is 4.64. The van der Waals surface area contributed by atoms with Crippen molar-refractivity contribution in [2.45, 2.75) is 13.3 Å². The van der Waals surface area contributed by atoms with E-state index in [4.69, 9.17) is 0 Å². The fourth-order valence-corrected chi connectivity index (χ4v) is 2.20. The molecule has 0 fully saturated rings. The van der Waals surface area contributed by atoms with Crippen LogP contribution < -0.4 is 5.56 Å². The maximum Gasteiger partial charge on any atom is 0.270 e. The summed E-state index contributed by atoms with van der Waals surface area (Å²) in [6.45, 7) is 1.97. The number of aromatic nitrogens is 2. The Kier molecular flexibility index (Phi) is 2.88. The summed E-state index contributed by atoms with van der Waals surface area (Å²) in [6.07, 6.45) is 0.556. The Morgan fingerprint density at radius 3 is 2.63 bits per heavy atom. The number of nitrogens with one attached hydrogen (secondary N) is 1. The largest absolute Gasteiger partial charge is 0.319 e. The van der Waals surface area contributed by atoms with Gasteiger partial charge in [0, 0.05) is 6.42 Å². The molecule has 0 saturated carbocycles. The minimum absolute atomic E-state index is 0.106. The van der Waals surface area contributed by atoms with Gasteiger partial charge in [0.25, 0.3) is 5.56 Å². The van der Waals surface area contributed by atoms with Crippen LogP contribution in [0.5, 0.6) is 0 Å². The van der Waals surface area contributed by atoms with E-state index in [1.54, 1.807) is 0 Å². The van der Waals surface area contributed by atoms with Gasteiger partial charge in [0.05, 0.1) is 11.0 Å². The highest BCUT2D eigenvalue weighted by molar-refractivity contribution is 5.77. The maximum atomic E-state index is 12.1. The van der Waals surface area contributed by atoms with Crippen LogP contribution in [0.1, 0.15) is 16.8 Å². The molecule has 3 nitrogen and oxygen atoms in total. The normalized spacial score (nSPS) is 10.8. The molecule has 0 aliphatic carbocycles. The summed E-state index contributed by atoms with van der Waals surface area (Å²) >= 11 is 0. The molecule has 0 unspecified atom stereocenters. The summed E-state index contributed by atoms with van der Waals surface area (Å²) in [6, 6.07) is 15.7. The number of aryl methyl sites for hydroxylation is 1. The zero-order valence-electron chi connectivity index (χ0n) is 10.7. The third-order valence-corrected chi connectivity index (χ3v) is 3.22. The van der Waals surface area contributed by atoms with Crippen LogP contribution in [-0.4, -0.2) is 9.97 Å². The monoisotopic (exact) mass is 250 g/mol. The van der Waals surface area contributed by atoms with Crippen LogP contribution in [0.4, 0.5) is 0 Å². The molecule has 0 radical (unpaired) electrons. The van der Waals surface area contributed by atoms with E-state index in [-0.39, 0.29) is 5.56 Å². The summed E-state index contributed by atoms with van der Waals surface area (Å²) in [7, 11) is 0. The van der Waals surface area contributed by atoms with Crippen molar-refractivity contribution in [3.8, 4) is 0 Å². The van der Waals surface area contributed by atoms with Gasteiger partial charge in [-0.05, 0) is 24.1 Å². The quantitative estimate of drug-likeness (QED) is 0.760. The van der Waals surface area contributed by atoms with Crippen LogP contribution in [0.25, 0.3) is 11.0 Å². The Labute approximate surface area is 111 Å². The van der Waals surface area contributed by atoms with Crippen molar-refractivity contribution in [2.75, 3.05) is 0 Å². The zero-order chi connectivity index (χ0) is 13.2. The molecule has 94 valence electrons. The number of rotatable bonds is 2. The molecule has 0 spiro atoms. The summed E-state index contributed by atoms with van der Waals surface area (Å²) in [5.41, 5.74) is 4.24. The first-order valence-corrected chi connectivity index (χ1v) is 6.26. The van der Waals surface area contributed by atoms with Crippen LogP contribution in [0.3, 0.4) is 0 Å². The van der Waals surface area contributed by atoms with Gasteiger partial charge in [0.2, 0.25) is 0 Å². The lowest BCUT2D eigenvalue weighted by molar-refractivity contribution is 1.03. The van der Waals surface area contributed by atoms with E-state index in [2.05, 4.69) is 9.97 Å². The first kappa shape index (κ1) is 11.7. The first-order valence-electron chi connectivity index (χ1n) is 6.26. The Balaban J connectivity index is 2.10. The lowest BCUT2D eigenvalue weighted by Crippen LogP contribution is -2.16. The molecule has 0 amide bonds. The number of H-pyrrole nitrogens is 1. The second-order valence-electron chi connectivity index (χ2n) is 4.64. The molecule has 0 atom stereocenters. The average Bonchev–Trinajstić information content (AvgIpc) is 2.42. The molecule has 0 saturated heterocycles. The molecule has 2 aromatic carbocycles. The van der Waals surface area contributed by atoms with Gasteiger partial charge in [-0.1, -0.05) is 42.5 Å². The lowest BCUT2D eigenvalue weighted by atomic mass is 10.1. The number of para-hydroxylation sites is 1. The van der Waals surface area contributed by atoms with Crippen molar-refractivity contribution < 1.29 is 0 Å². The maximum absolute atomic E-state index is 12.1. The van der Waals surface area contributed by atoms with E-state index in [9.17, 15) is 4.79 Å². The minimum Gasteiger partial charge on any atom is -0.319 e. The van der Waals surface area contributed by atoms with Crippen LogP contribution in [0.15, 0.2) is 53.3 Å². The number of fused-ring (bicyclic) bond motifs is 1. The fourth-order valence-electron chi connectivity index (χ4n) is 2.20. The van der Waals surface area contributed by atoms with E-state index in [0.717, 1.165) is 22.2 Å². The van der Waals surface area contributed by atoms with E-state index < -0.39 is 0 Å². The fraction of sp³-hybridized carbons (Fsp3) is 0.125. The van der Waals surface area contributed by atoms with E-state index >= 15 is 0 Å². The van der Waals surface area contributed by atoms with Crippen molar-refractivity contribution >= 4 is 11.0 Å². The Hall–Kier alpha value is -2.42.